The van der Waals surface area contributed by atoms with Crippen LogP contribution in [0.2, 0.25) is 0 Å². The van der Waals surface area contributed by atoms with E-state index in [9.17, 15) is 9.59 Å². The Bertz CT molecular complexity index is 972. The van der Waals surface area contributed by atoms with Crippen molar-refractivity contribution in [1.82, 2.24) is 4.98 Å². The molecule has 3 rings (SSSR count). The van der Waals surface area contributed by atoms with Crippen molar-refractivity contribution in [3.63, 3.8) is 0 Å². The van der Waals surface area contributed by atoms with E-state index in [1.807, 2.05) is 42.2 Å². The van der Waals surface area contributed by atoms with Crippen LogP contribution in [0.5, 0.6) is 0 Å². The first-order valence-electron chi connectivity index (χ1n) is 9.49. The van der Waals surface area contributed by atoms with Crippen LogP contribution >= 0.6 is 0 Å². The zero-order valence-corrected chi connectivity index (χ0v) is 16.5. The van der Waals surface area contributed by atoms with Crippen molar-refractivity contribution < 1.29 is 14.3 Å². The molecule has 0 bridgehead atoms. The van der Waals surface area contributed by atoms with E-state index in [0.717, 1.165) is 12.2 Å². The van der Waals surface area contributed by atoms with E-state index in [1.165, 1.54) is 0 Å². The van der Waals surface area contributed by atoms with Gasteiger partial charge in [0, 0.05) is 29.7 Å². The van der Waals surface area contributed by atoms with E-state index in [0.29, 0.717) is 29.2 Å². The predicted molar refractivity (Wildman–Crippen MR) is 114 cm³/mol. The number of aromatic nitrogens is 1. The minimum Gasteiger partial charge on any atom is -0.462 e. The number of pyridine rings is 1. The quantitative estimate of drug-likeness (QED) is 0.595. The Morgan fingerprint density at radius 3 is 2.34 bits per heavy atom. The van der Waals surface area contributed by atoms with Crippen LogP contribution in [-0.4, -0.2) is 30.0 Å². The molecule has 6 nitrogen and oxygen atoms in total. The van der Waals surface area contributed by atoms with Crippen molar-refractivity contribution >= 4 is 29.1 Å². The molecule has 0 saturated carbocycles. The lowest BCUT2D eigenvalue weighted by Crippen LogP contribution is -2.19. The fourth-order valence-electron chi connectivity index (χ4n) is 2.90. The highest BCUT2D eigenvalue weighted by Crippen LogP contribution is 2.23. The van der Waals surface area contributed by atoms with Crippen LogP contribution in [0.25, 0.3) is 0 Å². The smallest absolute Gasteiger partial charge is 0.338 e. The van der Waals surface area contributed by atoms with Gasteiger partial charge in [0.1, 0.15) is 5.82 Å². The predicted octanol–water partition coefficient (Wildman–Crippen LogP) is 4.67. The van der Waals surface area contributed by atoms with Gasteiger partial charge in [-0.05, 0) is 62.4 Å². The van der Waals surface area contributed by atoms with Gasteiger partial charge >= 0.3 is 5.97 Å². The highest BCUT2D eigenvalue weighted by Gasteiger charge is 2.13. The molecule has 0 aliphatic heterocycles. The lowest BCUT2D eigenvalue weighted by atomic mass is 10.2. The standard InChI is InChI=1S/C23H23N3O3/c1-3-26(20-8-6-5-7-9-20)21-16-18(14-15-24-21)22(27)25-19-12-10-17(11-13-19)23(28)29-4-2/h5-16H,3-4H2,1-2H3,(H,25,27). The number of carbonyl (C=O) groups is 2. The first-order chi connectivity index (χ1) is 14.1. The molecule has 1 N–H and O–H groups in total. The van der Waals surface area contributed by atoms with Crippen molar-refractivity contribution in [2.75, 3.05) is 23.4 Å². The van der Waals surface area contributed by atoms with Gasteiger partial charge in [-0.1, -0.05) is 18.2 Å². The number of rotatable bonds is 7. The normalized spacial score (nSPS) is 10.3. The highest BCUT2D eigenvalue weighted by atomic mass is 16.5. The molecular formula is C23H23N3O3. The van der Waals surface area contributed by atoms with Gasteiger partial charge in [0.05, 0.1) is 12.2 Å². The maximum atomic E-state index is 12.7. The third kappa shape index (κ3) is 4.99. The fraction of sp³-hybridized carbons (Fsp3) is 0.174. The zero-order chi connectivity index (χ0) is 20.6. The molecule has 0 aliphatic carbocycles. The van der Waals surface area contributed by atoms with E-state index in [4.69, 9.17) is 4.74 Å². The van der Waals surface area contributed by atoms with E-state index < -0.39 is 0 Å². The molecule has 0 atom stereocenters. The van der Waals surface area contributed by atoms with Crippen LogP contribution in [0.3, 0.4) is 0 Å². The largest absolute Gasteiger partial charge is 0.462 e. The molecular weight excluding hydrogens is 366 g/mol. The second-order valence-corrected chi connectivity index (χ2v) is 6.23. The Kier molecular flexibility index (Phi) is 6.58. The van der Waals surface area contributed by atoms with Crippen LogP contribution in [0.15, 0.2) is 72.9 Å². The maximum Gasteiger partial charge on any atom is 0.338 e. The number of hydrogen-bond donors (Lipinski definition) is 1. The number of amides is 1. The van der Waals surface area contributed by atoms with E-state index >= 15 is 0 Å². The number of hydrogen-bond acceptors (Lipinski definition) is 5. The fourth-order valence-corrected chi connectivity index (χ4v) is 2.90. The van der Waals surface area contributed by atoms with Crippen molar-refractivity contribution in [3.05, 3.63) is 84.1 Å². The number of esters is 1. The number of ether oxygens (including phenoxy) is 1. The molecule has 1 amide bonds. The van der Waals surface area contributed by atoms with Crippen LogP contribution in [0.4, 0.5) is 17.2 Å². The van der Waals surface area contributed by atoms with Gasteiger partial charge in [-0.3, -0.25) is 4.79 Å². The lowest BCUT2D eigenvalue weighted by molar-refractivity contribution is 0.0526. The molecule has 0 saturated heterocycles. The van der Waals surface area contributed by atoms with Gasteiger partial charge in [0.15, 0.2) is 0 Å². The summed E-state index contributed by atoms with van der Waals surface area (Å²) < 4.78 is 4.96. The highest BCUT2D eigenvalue weighted by molar-refractivity contribution is 6.05. The molecule has 1 aromatic heterocycles. The van der Waals surface area contributed by atoms with Gasteiger partial charge in [-0.15, -0.1) is 0 Å². The second-order valence-electron chi connectivity index (χ2n) is 6.23. The topological polar surface area (TPSA) is 71.5 Å². The maximum absolute atomic E-state index is 12.7. The Morgan fingerprint density at radius 2 is 1.69 bits per heavy atom. The monoisotopic (exact) mass is 389 g/mol. The summed E-state index contributed by atoms with van der Waals surface area (Å²) in [6.07, 6.45) is 1.62. The third-order valence-corrected chi connectivity index (χ3v) is 4.32. The Hall–Kier alpha value is -3.67. The summed E-state index contributed by atoms with van der Waals surface area (Å²) in [5, 5.41) is 2.84. The van der Waals surface area contributed by atoms with Crippen molar-refractivity contribution in [3.8, 4) is 0 Å². The first kappa shape index (κ1) is 20.1. The van der Waals surface area contributed by atoms with Crippen LogP contribution in [0, 0.1) is 0 Å². The van der Waals surface area contributed by atoms with Crippen LogP contribution < -0.4 is 10.2 Å². The summed E-state index contributed by atoms with van der Waals surface area (Å²) in [6, 6.07) is 19.9. The summed E-state index contributed by atoms with van der Waals surface area (Å²) >= 11 is 0. The number of anilines is 3. The van der Waals surface area contributed by atoms with E-state index in [1.54, 1.807) is 49.5 Å². The lowest BCUT2D eigenvalue weighted by Gasteiger charge is -2.22. The van der Waals surface area contributed by atoms with Crippen molar-refractivity contribution in [1.29, 1.82) is 0 Å². The summed E-state index contributed by atoms with van der Waals surface area (Å²) in [4.78, 5) is 30.9. The molecule has 0 spiro atoms. The van der Waals surface area contributed by atoms with E-state index in [-0.39, 0.29) is 11.9 Å². The molecule has 29 heavy (non-hydrogen) atoms. The summed E-state index contributed by atoms with van der Waals surface area (Å²) in [5.74, 6) is 0.0652. The molecule has 3 aromatic rings. The number of para-hydroxylation sites is 1. The molecule has 1 heterocycles. The molecule has 6 heteroatoms. The number of benzene rings is 2. The minimum atomic E-state index is -0.385. The van der Waals surface area contributed by atoms with Gasteiger partial charge in [-0.25, -0.2) is 9.78 Å². The molecule has 148 valence electrons. The van der Waals surface area contributed by atoms with Crippen molar-refractivity contribution in [2.45, 2.75) is 13.8 Å². The molecule has 0 unspecified atom stereocenters. The average Bonchev–Trinajstić information content (AvgIpc) is 2.76. The third-order valence-electron chi connectivity index (χ3n) is 4.32. The number of nitrogens with zero attached hydrogens (tertiary/aromatic N) is 2. The van der Waals surface area contributed by atoms with Gasteiger partial charge < -0.3 is 15.0 Å². The van der Waals surface area contributed by atoms with Crippen LogP contribution in [0.1, 0.15) is 34.6 Å². The second kappa shape index (κ2) is 9.50. The van der Waals surface area contributed by atoms with Gasteiger partial charge in [-0.2, -0.15) is 0 Å². The summed E-state index contributed by atoms with van der Waals surface area (Å²) in [6.45, 7) is 4.83. The van der Waals surface area contributed by atoms with Gasteiger partial charge in [0.2, 0.25) is 0 Å². The van der Waals surface area contributed by atoms with Crippen molar-refractivity contribution in [2.24, 2.45) is 0 Å². The first-order valence-corrected chi connectivity index (χ1v) is 9.49. The van der Waals surface area contributed by atoms with E-state index in [2.05, 4.69) is 10.3 Å². The summed E-state index contributed by atoms with van der Waals surface area (Å²) in [7, 11) is 0. The molecule has 0 aliphatic rings. The number of carbonyl (C=O) groups excluding carboxylic acids is 2. The van der Waals surface area contributed by atoms with Gasteiger partial charge in [0.25, 0.3) is 5.91 Å². The SMILES string of the molecule is CCOC(=O)c1ccc(NC(=O)c2ccnc(N(CC)c3ccccc3)c2)cc1. The molecule has 2 aromatic carbocycles. The minimum absolute atomic E-state index is 0.248. The number of nitrogens with one attached hydrogen (secondary N) is 1. The Balaban J connectivity index is 1.75. The average molecular weight is 389 g/mol. The molecule has 0 fully saturated rings. The Labute approximate surface area is 170 Å². The van der Waals surface area contributed by atoms with Crippen LogP contribution in [-0.2, 0) is 4.74 Å². The Morgan fingerprint density at radius 1 is 0.966 bits per heavy atom. The summed E-state index contributed by atoms with van der Waals surface area (Å²) in [5.41, 5.74) is 2.54. The zero-order valence-electron chi connectivity index (χ0n) is 16.5. The molecule has 0 radical (unpaired) electrons.